The molecule has 1 fully saturated rings. The highest BCUT2D eigenvalue weighted by atomic mass is 35.5. The molecule has 3 aromatic rings. The van der Waals surface area contributed by atoms with Crippen molar-refractivity contribution in [2.45, 2.75) is 30.3 Å². The number of rotatable bonds is 7. The Morgan fingerprint density at radius 3 is 2.52 bits per heavy atom. The van der Waals surface area contributed by atoms with Gasteiger partial charge in [-0.05, 0) is 48.7 Å². The lowest BCUT2D eigenvalue weighted by atomic mass is 10.2. The highest BCUT2D eigenvalue weighted by Gasteiger charge is 2.27. The molecule has 1 saturated carbocycles. The molecule has 29 heavy (non-hydrogen) atoms. The topological polar surface area (TPSA) is 93.1 Å². The maximum absolute atomic E-state index is 12.4. The molecular formula is C20H19ClN4O3S. The van der Waals surface area contributed by atoms with Crippen LogP contribution in [0.25, 0.3) is 5.69 Å². The van der Waals surface area contributed by atoms with Gasteiger partial charge in [-0.15, -0.1) is 0 Å². The summed E-state index contributed by atoms with van der Waals surface area (Å²) < 4.78 is 28.6. The maximum Gasteiger partial charge on any atom is 0.272 e. The summed E-state index contributed by atoms with van der Waals surface area (Å²) >= 11 is 6.16. The third-order valence-corrected chi connectivity index (χ3v) is 6.36. The van der Waals surface area contributed by atoms with Crippen LogP contribution in [0.15, 0.2) is 65.7 Å². The van der Waals surface area contributed by atoms with Crippen LogP contribution < -0.4 is 10.0 Å². The molecule has 2 aromatic carbocycles. The first-order chi connectivity index (χ1) is 13.9. The molecular weight excluding hydrogens is 412 g/mol. The molecule has 0 spiro atoms. The number of hydrogen-bond acceptors (Lipinski definition) is 4. The van der Waals surface area contributed by atoms with Crippen molar-refractivity contribution in [3.8, 4) is 5.69 Å². The van der Waals surface area contributed by atoms with E-state index in [1.807, 2.05) is 18.2 Å². The molecule has 1 amide bonds. The van der Waals surface area contributed by atoms with Crippen LogP contribution in [-0.4, -0.2) is 30.1 Å². The minimum absolute atomic E-state index is 0.0598. The lowest BCUT2D eigenvalue weighted by molar-refractivity contribution is 0.0945. The Bertz CT molecular complexity index is 1140. The molecule has 9 heteroatoms. The first-order valence-electron chi connectivity index (χ1n) is 9.12. The zero-order valence-corrected chi connectivity index (χ0v) is 16.9. The van der Waals surface area contributed by atoms with Crippen molar-refractivity contribution in [1.29, 1.82) is 0 Å². The lowest BCUT2D eigenvalue weighted by Crippen LogP contribution is -2.26. The fourth-order valence-corrected chi connectivity index (χ4v) is 4.29. The van der Waals surface area contributed by atoms with Gasteiger partial charge in [0.05, 0.1) is 15.6 Å². The van der Waals surface area contributed by atoms with E-state index in [9.17, 15) is 13.2 Å². The number of amides is 1. The van der Waals surface area contributed by atoms with Crippen LogP contribution in [0.5, 0.6) is 0 Å². The van der Waals surface area contributed by atoms with Gasteiger partial charge in [0.1, 0.15) is 0 Å². The molecule has 1 aliphatic carbocycles. The summed E-state index contributed by atoms with van der Waals surface area (Å²) in [6, 6.07) is 15.3. The van der Waals surface area contributed by atoms with E-state index in [1.165, 1.54) is 0 Å². The number of benzene rings is 2. The quantitative estimate of drug-likeness (QED) is 0.602. The molecule has 150 valence electrons. The van der Waals surface area contributed by atoms with E-state index in [1.54, 1.807) is 47.3 Å². The Labute approximate surface area is 173 Å². The standard InChI is InChI=1S/C20H19ClN4O3S/c21-17-3-1-2-4-19(17)25-12-11-18(23-25)20(26)22-13-14-5-9-16(10-6-14)29(27,28)24-15-7-8-15/h1-6,9-12,15,24H,7-8,13H2,(H,22,26). The van der Waals surface area contributed by atoms with Gasteiger partial charge in [0.25, 0.3) is 5.91 Å². The molecule has 0 atom stereocenters. The Morgan fingerprint density at radius 2 is 1.83 bits per heavy atom. The highest BCUT2D eigenvalue weighted by molar-refractivity contribution is 7.89. The normalized spacial score (nSPS) is 14.0. The summed E-state index contributed by atoms with van der Waals surface area (Å²) in [7, 11) is -3.48. The first kappa shape index (κ1) is 19.6. The largest absolute Gasteiger partial charge is 0.347 e. The predicted octanol–water partition coefficient (Wildman–Crippen LogP) is 2.90. The van der Waals surface area contributed by atoms with Gasteiger partial charge < -0.3 is 5.32 Å². The summed E-state index contributed by atoms with van der Waals surface area (Å²) in [5.41, 5.74) is 1.73. The van der Waals surface area contributed by atoms with Gasteiger partial charge in [0.2, 0.25) is 10.0 Å². The van der Waals surface area contributed by atoms with Gasteiger partial charge in [0, 0.05) is 18.8 Å². The second-order valence-electron chi connectivity index (χ2n) is 6.82. The van der Waals surface area contributed by atoms with Crippen molar-refractivity contribution in [3.05, 3.63) is 77.1 Å². The Kier molecular flexibility index (Phi) is 5.40. The fourth-order valence-electron chi connectivity index (χ4n) is 2.76. The zero-order chi connectivity index (χ0) is 20.4. The molecule has 0 saturated heterocycles. The van der Waals surface area contributed by atoms with Crippen LogP contribution in [0, 0.1) is 0 Å². The van der Waals surface area contributed by atoms with Crippen LogP contribution in [-0.2, 0) is 16.6 Å². The van der Waals surface area contributed by atoms with Crippen molar-refractivity contribution >= 4 is 27.5 Å². The maximum atomic E-state index is 12.4. The number of para-hydroxylation sites is 1. The third-order valence-electron chi connectivity index (χ3n) is 4.51. The van der Waals surface area contributed by atoms with Crippen LogP contribution in [0.2, 0.25) is 5.02 Å². The van der Waals surface area contributed by atoms with E-state index < -0.39 is 10.0 Å². The summed E-state index contributed by atoms with van der Waals surface area (Å²) in [5, 5.41) is 7.58. The van der Waals surface area contributed by atoms with Crippen LogP contribution in [0.3, 0.4) is 0 Å². The van der Waals surface area contributed by atoms with Crippen LogP contribution >= 0.6 is 11.6 Å². The van der Waals surface area contributed by atoms with Gasteiger partial charge in [-0.3, -0.25) is 4.79 Å². The molecule has 0 aliphatic heterocycles. The first-order valence-corrected chi connectivity index (χ1v) is 11.0. The van der Waals surface area contributed by atoms with Crippen molar-refractivity contribution in [3.63, 3.8) is 0 Å². The van der Waals surface area contributed by atoms with E-state index >= 15 is 0 Å². The van der Waals surface area contributed by atoms with Crippen molar-refractivity contribution < 1.29 is 13.2 Å². The number of sulfonamides is 1. The zero-order valence-electron chi connectivity index (χ0n) is 15.4. The number of halogens is 1. The van der Waals surface area contributed by atoms with Gasteiger partial charge in [-0.1, -0.05) is 35.9 Å². The summed E-state index contributed by atoms with van der Waals surface area (Å²) in [5.74, 6) is -0.331. The second-order valence-corrected chi connectivity index (χ2v) is 8.94. The van der Waals surface area contributed by atoms with Crippen LogP contribution in [0.1, 0.15) is 28.9 Å². The van der Waals surface area contributed by atoms with Crippen molar-refractivity contribution in [2.75, 3.05) is 0 Å². The van der Waals surface area contributed by atoms with Crippen molar-refractivity contribution in [1.82, 2.24) is 19.8 Å². The van der Waals surface area contributed by atoms with Crippen LogP contribution in [0.4, 0.5) is 0 Å². The molecule has 2 N–H and O–H groups in total. The molecule has 1 heterocycles. The van der Waals surface area contributed by atoms with Crippen molar-refractivity contribution in [2.24, 2.45) is 0 Å². The number of hydrogen-bond donors (Lipinski definition) is 2. The highest BCUT2D eigenvalue weighted by Crippen LogP contribution is 2.22. The average Bonchev–Trinajstić information content (AvgIpc) is 3.37. The second kappa shape index (κ2) is 7.98. The monoisotopic (exact) mass is 430 g/mol. The minimum atomic E-state index is -3.48. The summed E-state index contributed by atoms with van der Waals surface area (Å²) in [6.45, 7) is 0.258. The Hall–Kier alpha value is -2.68. The molecule has 4 rings (SSSR count). The molecule has 0 unspecified atom stereocenters. The van der Waals surface area contributed by atoms with Gasteiger partial charge >= 0.3 is 0 Å². The molecule has 1 aromatic heterocycles. The fraction of sp³-hybridized carbons (Fsp3) is 0.200. The number of carbonyl (C=O) groups is 1. The molecule has 0 radical (unpaired) electrons. The number of aromatic nitrogens is 2. The number of nitrogens with zero attached hydrogens (tertiary/aromatic N) is 2. The predicted molar refractivity (Wildman–Crippen MR) is 110 cm³/mol. The van der Waals surface area contributed by atoms with E-state index in [0.29, 0.717) is 10.7 Å². The Morgan fingerprint density at radius 1 is 1.10 bits per heavy atom. The molecule has 1 aliphatic rings. The van der Waals surface area contributed by atoms with E-state index in [-0.39, 0.29) is 29.1 Å². The van der Waals surface area contributed by atoms with Gasteiger partial charge in [0.15, 0.2) is 5.69 Å². The van der Waals surface area contributed by atoms with Gasteiger partial charge in [-0.2, -0.15) is 5.10 Å². The van der Waals surface area contributed by atoms with E-state index in [2.05, 4.69) is 15.1 Å². The molecule has 7 nitrogen and oxygen atoms in total. The minimum Gasteiger partial charge on any atom is -0.347 e. The average molecular weight is 431 g/mol. The number of nitrogens with one attached hydrogen (secondary N) is 2. The molecule has 0 bridgehead atoms. The number of carbonyl (C=O) groups excluding carboxylic acids is 1. The summed E-state index contributed by atoms with van der Waals surface area (Å²) in [4.78, 5) is 12.6. The SMILES string of the molecule is O=C(NCc1ccc(S(=O)(=O)NC2CC2)cc1)c1ccn(-c2ccccc2Cl)n1. The summed E-state index contributed by atoms with van der Waals surface area (Å²) in [6.07, 6.45) is 3.44. The van der Waals surface area contributed by atoms with E-state index in [0.717, 1.165) is 18.4 Å². The third kappa shape index (κ3) is 4.67. The van der Waals surface area contributed by atoms with E-state index in [4.69, 9.17) is 11.6 Å². The smallest absolute Gasteiger partial charge is 0.272 e. The lowest BCUT2D eigenvalue weighted by Gasteiger charge is -2.07. The van der Waals surface area contributed by atoms with Gasteiger partial charge in [-0.25, -0.2) is 17.8 Å². The Balaban J connectivity index is 1.38.